The quantitative estimate of drug-likeness (QED) is 0.875. The molecular weight excluding hydrogens is 280 g/mol. The number of nitrogens with zero attached hydrogens (tertiary/aromatic N) is 3. The predicted molar refractivity (Wildman–Crippen MR) is 82.9 cm³/mol. The third-order valence-corrected chi connectivity index (χ3v) is 4.23. The topological polar surface area (TPSA) is 68.4 Å². The van der Waals surface area contributed by atoms with Gasteiger partial charge in [0.1, 0.15) is 5.75 Å². The van der Waals surface area contributed by atoms with E-state index in [1.165, 1.54) is 6.42 Å². The van der Waals surface area contributed by atoms with Crippen LogP contribution in [0.5, 0.6) is 5.75 Å². The van der Waals surface area contributed by atoms with Crippen LogP contribution in [0.1, 0.15) is 38.8 Å². The summed E-state index contributed by atoms with van der Waals surface area (Å²) in [5.41, 5.74) is 6.70. The summed E-state index contributed by atoms with van der Waals surface area (Å²) < 4.78 is 11.0. The maximum atomic E-state index is 5.95. The van der Waals surface area contributed by atoms with Crippen molar-refractivity contribution in [2.24, 2.45) is 0 Å². The highest BCUT2D eigenvalue weighted by Gasteiger charge is 2.38. The fourth-order valence-corrected chi connectivity index (χ4v) is 3.04. The lowest BCUT2D eigenvalue weighted by Crippen LogP contribution is -2.69. The lowest BCUT2D eigenvalue weighted by molar-refractivity contribution is -0.772. The van der Waals surface area contributed by atoms with Crippen LogP contribution in [0.4, 0.5) is 5.88 Å². The largest absolute Gasteiger partial charge is 0.482 e. The van der Waals surface area contributed by atoms with Crippen LogP contribution in [-0.4, -0.2) is 17.4 Å². The molecule has 0 radical (unpaired) electrons. The Kier molecular flexibility index (Phi) is 4.18. The van der Waals surface area contributed by atoms with E-state index < -0.39 is 0 Å². The zero-order valence-electron chi connectivity index (χ0n) is 13.1. The van der Waals surface area contributed by atoms with Gasteiger partial charge in [0.05, 0.1) is 16.9 Å². The van der Waals surface area contributed by atoms with Gasteiger partial charge in [0.2, 0.25) is 5.27 Å². The summed E-state index contributed by atoms with van der Waals surface area (Å²) in [6.45, 7) is 4.74. The van der Waals surface area contributed by atoms with E-state index in [2.05, 4.69) is 24.1 Å². The van der Waals surface area contributed by atoms with E-state index in [1.54, 1.807) is 4.79 Å². The SMILES string of the molecule is CC1CCCC(C)N1[n+]1noc(N)c1COc1ccccc1. The first-order valence-corrected chi connectivity index (χ1v) is 7.79. The minimum atomic E-state index is 0.306. The van der Waals surface area contributed by atoms with Crippen molar-refractivity contribution < 1.29 is 14.1 Å². The summed E-state index contributed by atoms with van der Waals surface area (Å²) in [7, 11) is 0. The van der Waals surface area contributed by atoms with Gasteiger partial charge in [-0.25, -0.2) is 0 Å². The van der Waals surface area contributed by atoms with E-state index in [4.69, 9.17) is 15.0 Å². The number of piperidine rings is 1. The number of nitrogen functional groups attached to an aromatic ring is 1. The maximum absolute atomic E-state index is 5.95. The molecule has 22 heavy (non-hydrogen) atoms. The molecule has 2 heterocycles. The van der Waals surface area contributed by atoms with Crippen molar-refractivity contribution in [2.45, 2.75) is 51.8 Å². The monoisotopic (exact) mass is 303 g/mol. The van der Waals surface area contributed by atoms with Gasteiger partial charge in [-0.05, 0) is 45.2 Å². The van der Waals surface area contributed by atoms with Crippen LogP contribution in [0.3, 0.4) is 0 Å². The normalized spacial score (nSPS) is 21.8. The molecule has 6 heteroatoms. The smallest absolute Gasteiger partial charge is 0.344 e. The Morgan fingerprint density at radius 3 is 2.64 bits per heavy atom. The fourth-order valence-electron chi connectivity index (χ4n) is 3.04. The van der Waals surface area contributed by atoms with Crippen LogP contribution in [0, 0.1) is 0 Å². The van der Waals surface area contributed by atoms with Gasteiger partial charge in [0.15, 0.2) is 6.61 Å². The van der Waals surface area contributed by atoms with Crippen LogP contribution >= 0.6 is 0 Å². The highest BCUT2D eigenvalue weighted by molar-refractivity contribution is 5.26. The first-order valence-electron chi connectivity index (χ1n) is 7.79. The number of ether oxygens (including phenoxy) is 1. The van der Waals surface area contributed by atoms with Gasteiger partial charge in [-0.2, -0.15) is 0 Å². The second-order valence-corrected chi connectivity index (χ2v) is 5.88. The van der Waals surface area contributed by atoms with Gasteiger partial charge < -0.3 is 10.5 Å². The maximum Gasteiger partial charge on any atom is 0.344 e. The summed E-state index contributed by atoms with van der Waals surface area (Å²) in [4.78, 5) is 1.78. The Balaban J connectivity index is 1.81. The number of nitrogens with two attached hydrogens (primary N) is 1. The van der Waals surface area contributed by atoms with Gasteiger partial charge in [-0.3, -0.25) is 4.52 Å². The number of rotatable bonds is 4. The molecule has 0 aliphatic carbocycles. The van der Waals surface area contributed by atoms with Crippen LogP contribution in [0.25, 0.3) is 0 Å². The molecule has 2 aromatic rings. The zero-order valence-corrected chi connectivity index (χ0v) is 13.1. The van der Waals surface area contributed by atoms with Crippen molar-refractivity contribution in [1.29, 1.82) is 0 Å². The number of para-hydroxylation sites is 1. The van der Waals surface area contributed by atoms with E-state index in [0.717, 1.165) is 24.3 Å². The van der Waals surface area contributed by atoms with Crippen LogP contribution in [-0.2, 0) is 6.61 Å². The van der Waals surface area contributed by atoms with Crippen molar-refractivity contribution in [2.75, 3.05) is 10.7 Å². The third kappa shape index (κ3) is 2.86. The molecule has 0 bridgehead atoms. The molecule has 1 aliphatic heterocycles. The molecule has 1 fully saturated rings. The lowest BCUT2D eigenvalue weighted by atomic mass is 10.00. The molecular formula is C16H23N4O2+. The summed E-state index contributed by atoms with van der Waals surface area (Å²) in [6.07, 6.45) is 3.52. The first kappa shape index (κ1) is 14.7. The van der Waals surface area contributed by atoms with E-state index >= 15 is 0 Å². The van der Waals surface area contributed by atoms with Gasteiger partial charge in [0, 0.05) is 0 Å². The molecule has 118 valence electrons. The van der Waals surface area contributed by atoms with Crippen molar-refractivity contribution >= 4 is 5.88 Å². The highest BCUT2D eigenvalue weighted by atomic mass is 16.5. The minimum absolute atomic E-state index is 0.306. The zero-order chi connectivity index (χ0) is 15.5. The third-order valence-electron chi connectivity index (χ3n) is 4.23. The van der Waals surface area contributed by atoms with Gasteiger partial charge in [-0.15, -0.1) is 5.01 Å². The summed E-state index contributed by atoms with van der Waals surface area (Å²) in [6, 6.07) is 10.5. The number of anilines is 1. The number of hydrogen-bond acceptors (Lipinski definition) is 5. The lowest BCUT2D eigenvalue weighted by Gasteiger charge is -2.32. The van der Waals surface area contributed by atoms with Crippen molar-refractivity contribution in [1.82, 2.24) is 5.27 Å². The minimum Gasteiger partial charge on any atom is -0.482 e. The van der Waals surface area contributed by atoms with E-state index in [0.29, 0.717) is 24.6 Å². The molecule has 1 saturated heterocycles. The molecule has 1 aromatic heterocycles. The number of aromatic nitrogens is 2. The predicted octanol–water partition coefficient (Wildman–Crippen LogP) is 2.02. The van der Waals surface area contributed by atoms with Crippen LogP contribution < -0.4 is 20.3 Å². The molecule has 0 spiro atoms. The van der Waals surface area contributed by atoms with Crippen LogP contribution in [0.2, 0.25) is 0 Å². The molecule has 1 aromatic carbocycles. The van der Waals surface area contributed by atoms with Crippen molar-refractivity contribution in [3.8, 4) is 5.75 Å². The summed E-state index contributed by atoms with van der Waals surface area (Å²) >= 11 is 0. The Bertz CT molecular complexity index is 604. The molecule has 0 saturated carbocycles. The Morgan fingerprint density at radius 2 is 1.95 bits per heavy atom. The van der Waals surface area contributed by atoms with E-state index in [9.17, 15) is 0 Å². The Hall–Kier alpha value is -2.24. The molecule has 2 atom stereocenters. The fraction of sp³-hybridized carbons (Fsp3) is 0.500. The highest BCUT2D eigenvalue weighted by Crippen LogP contribution is 2.20. The average molecular weight is 303 g/mol. The van der Waals surface area contributed by atoms with Gasteiger partial charge in [-0.1, -0.05) is 18.2 Å². The molecule has 2 N–H and O–H groups in total. The molecule has 3 rings (SSSR count). The van der Waals surface area contributed by atoms with E-state index in [1.807, 2.05) is 30.3 Å². The molecule has 1 aliphatic rings. The van der Waals surface area contributed by atoms with Crippen LogP contribution in [0.15, 0.2) is 34.9 Å². The Morgan fingerprint density at radius 1 is 1.27 bits per heavy atom. The molecule has 2 unspecified atom stereocenters. The molecule has 0 amide bonds. The standard InChI is InChI=1S/C16H23N4O2/c1-12-7-6-8-13(2)19(12)20-15(16(17)22-18-20)11-21-14-9-4-3-5-10-14/h3-5,9-10,12-13H,6-8,11,17H2,1-2H3/q+1. The Labute approximate surface area is 130 Å². The summed E-state index contributed by atoms with van der Waals surface area (Å²) in [5, 5.41) is 6.34. The summed E-state index contributed by atoms with van der Waals surface area (Å²) in [5.74, 6) is 1.11. The second-order valence-electron chi connectivity index (χ2n) is 5.88. The number of hydrogen-bond donors (Lipinski definition) is 1. The van der Waals surface area contributed by atoms with E-state index in [-0.39, 0.29) is 0 Å². The molecule has 6 nitrogen and oxygen atoms in total. The average Bonchev–Trinajstić information content (AvgIpc) is 2.87. The number of benzene rings is 1. The van der Waals surface area contributed by atoms with Crippen molar-refractivity contribution in [3.63, 3.8) is 0 Å². The first-order chi connectivity index (χ1) is 10.7. The van der Waals surface area contributed by atoms with Gasteiger partial charge in [0.25, 0.3) is 0 Å². The van der Waals surface area contributed by atoms with Crippen molar-refractivity contribution in [3.05, 3.63) is 36.0 Å². The second kappa shape index (κ2) is 6.25. The van der Waals surface area contributed by atoms with Gasteiger partial charge >= 0.3 is 11.6 Å².